The van der Waals surface area contributed by atoms with E-state index in [4.69, 9.17) is 4.74 Å². The summed E-state index contributed by atoms with van der Waals surface area (Å²) in [5.74, 6) is 0.705. The Morgan fingerprint density at radius 3 is 2.88 bits per heavy atom. The number of amides is 1. The normalized spacial score (nSPS) is 10.6. The molecule has 1 N–H and O–H groups in total. The molecule has 2 heterocycles. The highest BCUT2D eigenvalue weighted by molar-refractivity contribution is 7.12. The zero-order valence-electron chi connectivity index (χ0n) is 13.9. The summed E-state index contributed by atoms with van der Waals surface area (Å²) in [6, 6.07) is 9.78. The number of carbonyl (C=O) groups is 1. The largest absolute Gasteiger partial charge is 0.489 e. The fourth-order valence-corrected chi connectivity index (χ4v) is 3.14. The van der Waals surface area contributed by atoms with Crippen LogP contribution in [0.4, 0.5) is 5.69 Å². The molecule has 24 heavy (non-hydrogen) atoms. The number of rotatable bonds is 5. The second-order valence-electron chi connectivity index (χ2n) is 5.68. The Morgan fingerprint density at radius 1 is 1.33 bits per heavy atom. The highest BCUT2D eigenvalue weighted by Crippen LogP contribution is 2.20. The Kier molecular flexibility index (Phi) is 4.66. The standard InChI is InChI=1S/C18H19N3O2S/c1-12-5-4-6-15(7-12)23-10-14-8-17(24-11-14)18(22)19-16-9-21(3)20-13(16)2/h4-9,11H,10H2,1-3H3,(H,19,22). The van der Waals surface area contributed by atoms with E-state index in [-0.39, 0.29) is 5.91 Å². The molecular weight excluding hydrogens is 322 g/mol. The molecule has 0 aliphatic carbocycles. The van der Waals surface area contributed by atoms with Gasteiger partial charge in [0, 0.05) is 18.8 Å². The molecule has 1 aromatic carbocycles. The number of anilines is 1. The Bertz CT molecular complexity index is 867. The number of carbonyl (C=O) groups excluding carboxylic acids is 1. The van der Waals surface area contributed by atoms with Crippen molar-refractivity contribution in [2.45, 2.75) is 20.5 Å². The van der Waals surface area contributed by atoms with E-state index >= 15 is 0 Å². The lowest BCUT2D eigenvalue weighted by Crippen LogP contribution is -2.10. The second kappa shape index (κ2) is 6.88. The van der Waals surface area contributed by atoms with Gasteiger partial charge in [0.25, 0.3) is 5.91 Å². The maximum Gasteiger partial charge on any atom is 0.265 e. The average molecular weight is 341 g/mol. The second-order valence-corrected chi connectivity index (χ2v) is 6.59. The zero-order valence-corrected chi connectivity index (χ0v) is 14.7. The molecule has 5 nitrogen and oxygen atoms in total. The Labute approximate surface area is 144 Å². The van der Waals surface area contributed by atoms with Gasteiger partial charge in [0.05, 0.1) is 16.3 Å². The van der Waals surface area contributed by atoms with Gasteiger partial charge >= 0.3 is 0 Å². The number of aromatic nitrogens is 2. The van der Waals surface area contributed by atoms with E-state index in [1.807, 2.05) is 56.6 Å². The summed E-state index contributed by atoms with van der Waals surface area (Å²) in [6.07, 6.45) is 1.79. The first kappa shape index (κ1) is 16.3. The van der Waals surface area contributed by atoms with Crippen molar-refractivity contribution in [3.8, 4) is 5.75 Å². The van der Waals surface area contributed by atoms with Crippen LogP contribution in [0.25, 0.3) is 0 Å². The third-order valence-electron chi connectivity index (χ3n) is 3.53. The van der Waals surface area contributed by atoms with Gasteiger partial charge in [0.15, 0.2) is 0 Å². The molecule has 0 saturated carbocycles. The summed E-state index contributed by atoms with van der Waals surface area (Å²) in [4.78, 5) is 13.0. The molecule has 0 spiro atoms. The summed E-state index contributed by atoms with van der Waals surface area (Å²) >= 11 is 1.41. The zero-order chi connectivity index (χ0) is 17.1. The van der Waals surface area contributed by atoms with Gasteiger partial charge in [0.2, 0.25) is 0 Å². The predicted octanol–water partition coefficient (Wildman–Crippen LogP) is 3.93. The molecule has 0 atom stereocenters. The fourth-order valence-electron chi connectivity index (χ4n) is 2.35. The van der Waals surface area contributed by atoms with E-state index in [1.54, 1.807) is 10.9 Å². The molecule has 3 rings (SSSR count). The van der Waals surface area contributed by atoms with Gasteiger partial charge in [0.1, 0.15) is 12.4 Å². The van der Waals surface area contributed by atoms with Crippen LogP contribution in [0.15, 0.2) is 41.9 Å². The SMILES string of the molecule is Cc1cccc(OCc2csc(C(=O)Nc3cn(C)nc3C)c2)c1. The number of nitrogens with one attached hydrogen (secondary N) is 1. The van der Waals surface area contributed by atoms with Gasteiger partial charge in [-0.3, -0.25) is 9.48 Å². The molecule has 0 unspecified atom stereocenters. The number of thiophene rings is 1. The van der Waals surface area contributed by atoms with Crippen molar-refractivity contribution in [3.05, 3.63) is 63.6 Å². The minimum atomic E-state index is -0.127. The summed E-state index contributed by atoms with van der Waals surface area (Å²) in [5.41, 5.74) is 3.66. The molecule has 124 valence electrons. The number of aryl methyl sites for hydroxylation is 3. The Hall–Kier alpha value is -2.60. The lowest BCUT2D eigenvalue weighted by molar-refractivity contribution is 0.103. The van der Waals surface area contributed by atoms with Gasteiger partial charge in [-0.05, 0) is 43.0 Å². The first-order valence-corrected chi connectivity index (χ1v) is 8.48. The topological polar surface area (TPSA) is 56.1 Å². The molecule has 1 amide bonds. The first-order valence-electron chi connectivity index (χ1n) is 7.60. The van der Waals surface area contributed by atoms with Crippen LogP contribution >= 0.6 is 11.3 Å². The highest BCUT2D eigenvalue weighted by atomic mass is 32.1. The van der Waals surface area contributed by atoms with Crippen LogP contribution in [-0.4, -0.2) is 15.7 Å². The molecule has 0 aliphatic rings. The maximum absolute atomic E-state index is 12.3. The van der Waals surface area contributed by atoms with Crippen molar-refractivity contribution in [1.82, 2.24) is 9.78 Å². The molecule has 0 bridgehead atoms. The summed E-state index contributed by atoms with van der Waals surface area (Å²) in [6.45, 7) is 4.34. The van der Waals surface area contributed by atoms with E-state index < -0.39 is 0 Å². The minimum Gasteiger partial charge on any atom is -0.489 e. The molecule has 0 aliphatic heterocycles. The molecule has 0 radical (unpaired) electrons. The molecule has 6 heteroatoms. The number of benzene rings is 1. The first-order chi connectivity index (χ1) is 11.5. The van der Waals surface area contributed by atoms with Crippen molar-refractivity contribution in [3.63, 3.8) is 0 Å². The summed E-state index contributed by atoms with van der Waals surface area (Å²) in [5, 5.41) is 9.05. The minimum absolute atomic E-state index is 0.127. The van der Waals surface area contributed by atoms with Crippen LogP contribution in [0.3, 0.4) is 0 Å². The van der Waals surface area contributed by atoms with E-state index in [0.717, 1.165) is 28.3 Å². The number of hydrogen-bond acceptors (Lipinski definition) is 4. The van der Waals surface area contributed by atoms with Gasteiger partial charge in [-0.1, -0.05) is 12.1 Å². The summed E-state index contributed by atoms with van der Waals surface area (Å²) in [7, 11) is 1.83. The number of hydrogen-bond donors (Lipinski definition) is 1. The molecule has 0 fully saturated rings. The highest BCUT2D eigenvalue weighted by Gasteiger charge is 2.12. The molecule has 3 aromatic rings. The van der Waals surface area contributed by atoms with Crippen molar-refractivity contribution in [2.24, 2.45) is 7.05 Å². The number of ether oxygens (including phenoxy) is 1. The van der Waals surface area contributed by atoms with Crippen LogP contribution in [0.5, 0.6) is 5.75 Å². The van der Waals surface area contributed by atoms with E-state index in [1.165, 1.54) is 11.3 Å². The lowest BCUT2D eigenvalue weighted by atomic mass is 10.2. The van der Waals surface area contributed by atoms with Gasteiger partial charge in [-0.2, -0.15) is 5.10 Å². The van der Waals surface area contributed by atoms with Gasteiger partial charge < -0.3 is 10.1 Å². The van der Waals surface area contributed by atoms with Crippen molar-refractivity contribution in [2.75, 3.05) is 5.32 Å². The lowest BCUT2D eigenvalue weighted by Gasteiger charge is -2.05. The third kappa shape index (κ3) is 3.83. The molecular formula is C18H19N3O2S. The Morgan fingerprint density at radius 2 is 2.17 bits per heavy atom. The third-order valence-corrected chi connectivity index (χ3v) is 4.51. The molecule has 2 aromatic heterocycles. The van der Waals surface area contributed by atoms with Gasteiger partial charge in [-0.25, -0.2) is 0 Å². The van der Waals surface area contributed by atoms with E-state index in [0.29, 0.717) is 11.5 Å². The summed E-state index contributed by atoms with van der Waals surface area (Å²) < 4.78 is 7.45. The van der Waals surface area contributed by atoms with Crippen LogP contribution in [-0.2, 0) is 13.7 Å². The van der Waals surface area contributed by atoms with Crippen LogP contribution in [0.2, 0.25) is 0 Å². The van der Waals surface area contributed by atoms with Crippen molar-refractivity contribution < 1.29 is 9.53 Å². The van der Waals surface area contributed by atoms with E-state index in [9.17, 15) is 4.79 Å². The monoisotopic (exact) mass is 341 g/mol. The fraction of sp³-hybridized carbons (Fsp3) is 0.222. The number of nitrogens with zero attached hydrogens (tertiary/aromatic N) is 2. The Balaban J connectivity index is 1.62. The van der Waals surface area contributed by atoms with Crippen molar-refractivity contribution in [1.29, 1.82) is 0 Å². The smallest absolute Gasteiger partial charge is 0.265 e. The van der Waals surface area contributed by atoms with E-state index in [2.05, 4.69) is 10.4 Å². The predicted molar refractivity (Wildman–Crippen MR) is 95.7 cm³/mol. The quantitative estimate of drug-likeness (QED) is 0.765. The van der Waals surface area contributed by atoms with Crippen LogP contribution in [0.1, 0.15) is 26.5 Å². The molecule has 0 saturated heterocycles. The average Bonchev–Trinajstić information content (AvgIpc) is 3.12. The van der Waals surface area contributed by atoms with Crippen LogP contribution < -0.4 is 10.1 Å². The van der Waals surface area contributed by atoms with Crippen molar-refractivity contribution >= 4 is 22.9 Å². The van der Waals surface area contributed by atoms with Gasteiger partial charge in [-0.15, -0.1) is 11.3 Å². The van der Waals surface area contributed by atoms with Crippen LogP contribution in [0, 0.1) is 13.8 Å². The maximum atomic E-state index is 12.3.